The van der Waals surface area contributed by atoms with Crippen molar-refractivity contribution < 1.29 is 4.79 Å². The van der Waals surface area contributed by atoms with Crippen LogP contribution in [-0.4, -0.2) is 12.3 Å². The number of Topliss-reactive ketones (excluding diaryl/α,β-unsaturated/α-hetero) is 1. The average molecular weight is 251 g/mol. The molecule has 3 rings (SSSR count). The van der Waals surface area contributed by atoms with E-state index >= 15 is 0 Å². The molecule has 2 heteroatoms. The molecule has 0 aromatic heterocycles. The summed E-state index contributed by atoms with van der Waals surface area (Å²) in [5.74, 6) is 0.274. The molecule has 1 aliphatic rings. The Balaban J connectivity index is 1.91. The number of anilines is 1. The van der Waals surface area contributed by atoms with E-state index < -0.39 is 0 Å². The Kier molecular flexibility index (Phi) is 3.08. The summed E-state index contributed by atoms with van der Waals surface area (Å²) in [4.78, 5) is 11.8. The highest BCUT2D eigenvalue weighted by Gasteiger charge is 2.23. The van der Waals surface area contributed by atoms with Crippen LogP contribution in [0.3, 0.4) is 0 Å². The topological polar surface area (TPSA) is 29.1 Å². The van der Waals surface area contributed by atoms with E-state index in [1.54, 1.807) is 0 Å². The molecular formula is C17H17NO. The van der Waals surface area contributed by atoms with Crippen molar-refractivity contribution in [2.45, 2.75) is 19.3 Å². The third-order valence-corrected chi connectivity index (χ3v) is 3.77. The van der Waals surface area contributed by atoms with Gasteiger partial charge in [0, 0.05) is 11.6 Å². The van der Waals surface area contributed by atoms with Crippen molar-refractivity contribution >= 4 is 11.5 Å². The molecule has 0 spiro atoms. The number of nitrogens with one attached hydrogen (secondary N) is 1. The summed E-state index contributed by atoms with van der Waals surface area (Å²) < 4.78 is 0. The zero-order valence-corrected chi connectivity index (χ0v) is 11.0. The second kappa shape index (κ2) is 4.88. The number of fused-ring (bicyclic) bond motifs is 1. The van der Waals surface area contributed by atoms with Crippen LogP contribution in [0, 0.1) is 0 Å². The van der Waals surface area contributed by atoms with Crippen molar-refractivity contribution in [2.75, 3.05) is 11.9 Å². The van der Waals surface area contributed by atoms with Crippen LogP contribution >= 0.6 is 0 Å². The van der Waals surface area contributed by atoms with Crippen molar-refractivity contribution in [2.24, 2.45) is 0 Å². The van der Waals surface area contributed by atoms with Gasteiger partial charge >= 0.3 is 0 Å². The molecule has 1 unspecified atom stereocenters. The lowest BCUT2D eigenvalue weighted by atomic mass is 9.89. The molecule has 1 aliphatic heterocycles. The monoisotopic (exact) mass is 251 g/mol. The molecule has 0 saturated carbocycles. The first-order chi connectivity index (χ1) is 9.24. The number of benzene rings is 2. The van der Waals surface area contributed by atoms with E-state index in [2.05, 4.69) is 47.8 Å². The first-order valence-corrected chi connectivity index (χ1v) is 6.67. The number of hydrogen-bond donors (Lipinski definition) is 1. The van der Waals surface area contributed by atoms with Crippen LogP contribution in [0.25, 0.3) is 0 Å². The quantitative estimate of drug-likeness (QED) is 0.886. The van der Waals surface area contributed by atoms with E-state index in [0.29, 0.717) is 6.54 Å². The number of rotatable bonds is 2. The predicted molar refractivity (Wildman–Crippen MR) is 77.6 cm³/mol. The van der Waals surface area contributed by atoms with E-state index in [0.717, 1.165) is 17.7 Å². The van der Waals surface area contributed by atoms with Gasteiger partial charge in [0.1, 0.15) is 0 Å². The summed E-state index contributed by atoms with van der Waals surface area (Å²) in [7, 11) is 0. The van der Waals surface area contributed by atoms with E-state index in [-0.39, 0.29) is 11.7 Å². The highest BCUT2D eigenvalue weighted by Crippen LogP contribution is 2.30. The molecule has 1 atom stereocenters. The van der Waals surface area contributed by atoms with Crippen molar-refractivity contribution in [3.8, 4) is 0 Å². The zero-order chi connectivity index (χ0) is 13.2. The molecule has 0 radical (unpaired) electrons. The normalized spacial score (nSPS) is 17.7. The maximum Gasteiger partial charge on any atom is 0.159 e. The highest BCUT2D eigenvalue weighted by molar-refractivity contribution is 5.93. The van der Waals surface area contributed by atoms with Gasteiger partial charge in [0.2, 0.25) is 0 Å². The van der Waals surface area contributed by atoms with Crippen LogP contribution in [-0.2, 0) is 11.2 Å². The van der Waals surface area contributed by atoms with Gasteiger partial charge in [-0.15, -0.1) is 0 Å². The van der Waals surface area contributed by atoms with E-state index in [9.17, 15) is 4.79 Å². The second-order valence-corrected chi connectivity index (χ2v) is 5.13. The van der Waals surface area contributed by atoms with Gasteiger partial charge in [-0.05, 0) is 29.2 Å². The minimum atomic E-state index is 0.00646. The number of carbonyl (C=O) groups excluding carboxylic acids is 1. The van der Waals surface area contributed by atoms with Crippen molar-refractivity contribution in [1.29, 1.82) is 0 Å². The average Bonchev–Trinajstić information content (AvgIpc) is 2.45. The lowest BCUT2D eigenvalue weighted by Gasteiger charge is -2.23. The first kappa shape index (κ1) is 12.0. The summed E-state index contributed by atoms with van der Waals surface area (Å²) in [6.45, 7) is 2.44. The molecule has 19 heavy (non-hydrogen) atoms. The zero-order valence-electron chi connectivity index (χ0n) is 11.0. The molecule has 2 aromatic carbocycles. The molecule has 2 nitrogen and oxygen atoms in total. The van der Waals surface area contributed by atoms with Crippen LogP contribution in [0.5, 0.6) is 0 Å². The van der Waals surface area contributed by atoms with E-state index in [1.807, 2.05) is 13.0 Å². The molecule has 0 fully saturated rings. The fraction of sp³-hybridized carbons (Fsp3) is 0.235. The van der Waals surface area contributed by atoms with Crippen molar-refractivity contribution in [1.82, 2.24) is 0 Å². The van der Waals surface area contributed by atoms with Crippen molar-refractivity contribution in [3.63, 3.8) is 0 Å². The molecule has 0 aliphatic carbocycles. The van der Waals surface area contributed by atoms with E-state index in [4.69, 9.17) is 0 Å². The Morgan fingerprint density at radius 2 is 1.89 bits per heavy atom. The van der Waals surface area contributed by atoms with E-state index in [1.165, 1.54) is 11.1 Å². The molecular weight excluding hydrogens is 234 g/mol. The molecule has 2 aromatic rings. The molecule has 0 saturated heterocycles. The van der Waals surface area contributed by atoms with Gasteiger partial charge in [0.25, 0.3) is 0 Å². The fourth-order valence-corrected chi connectivity index (χ4v) is 2.58. The molecule has 1 heterocycles. The maximum atomic E-state index is 11.8. The Bertz CT molecular complexity index is 604. The summed E-state index contributed by atoms with van der Waals surface area (Å²) >= 11 is 0. The Morgan fingerprint density at radius 1 is 1.11 bits per heavy atom. The van der Waals surface area contributed by atoms with Crippen LogP contribution in [0.15, 0.2) is 48.5 Å². The fourth-order valence-electron chi connectivity index (χ4n) is 2.58. The minimum absolute atomic E-state index is 0.00646. The third-order valence-electron chi connectivity index (χ3n) is 3.77. The Hall–Kier alpha value is -2.09. The Morgan fingerprint density at radius 3 is 2.68 bits per heavy atom. The SMILES string of the molecule is CC1C(=O)CNc2ccc(Cc3ccccc3)cc21. The minimum Gasteiger partial charge on any atom is -0.378 e. The van der Waals surface area contributed by atoms with Gasteiger partial charge in [0.05, 0.1) is 6.54 Å². The van der Waals surface area contributed by atoms with Gasteiger partial charge in [-0.1, -0.05) is 49.4 Å². The highest BCUT2D eigenvalue weighted by atomic mass is 16.1. The van der Waals surface area contributed by atoms with Gasteiger partial charge in [-0.25, -0.2) is 0 Å². The number of carbonyl (C=O) groups is 1. The summed E-state index contributed by atoms with van der Waals surface area (Å²) in [5, 5.41) is 3.18. The van der Waals surface area contributed by atoms with Gasteiger partial charge in [-0.2, -0.15) is 0 Å². The van der Waals surface area contributed by atoms with Gasteiger partial charge in [0.15, 0.2) is 5.78 Å². The van der Waals surface area contributed by atoms with Gasteiger partial charge in [-0.3, -0.25) is 4.79 Å². The number of ketones is 1. The smallest absolute Gasteiger partial charge is 0.159 e. The van der Waals surface area contributed by atoms with Crippen LogP contribution in [0.4, 0.5) is 5.69 Å². The molecule has 0 amide bonds. The van der Waals surface area contributed by atoms with Crippen LogP contribution in [0.2, 0.25) is 0 Å². The lowest BCUT2D eigenvalue weighted by molar-refractivity contribution is -0.118. The summed E-state index contributed by atoms with van der Waals surface area (Å²) in [6, 6.07) is 16.8. The standard InChI is InChI=1S/C17H17NO/c1-12-15-10-14(9-13-5-3-2-4-6-13)7-8-16(15)18-11-17(12)19/h2-8,10,12,18H,9,11H2,1H3. The Labute approximate surface area is 113 Å². The first-order valence-electron chi connectivity index (χ1n) is 6.67. The molecule has 1 N–H and O–H groups in total. The molecule has 0 bridgehead atoms. The summed E-state index contributed by atoms with van der Waals surface area (Å²) in [5.41, 5.74) is 4.78. The maximum absolute atomic E-state index is 11.8. The third kappa shape index (κ3) is 2.39. The van der Waals surface area contributed by atoms with Gasteiger partial charge < -0.3 is 5.32 Å². The largest absolute Gasteiger partial charge is 0.378 e. The van der Waals surface area contributed by atoms with Crippen LogP contribution in [0.1, 0.15) is 29.5 Å². The van der Waals surface area contributed by atoms with Crippen molar-refractivity contribution in [3.05, 3.63) is 65.2 Å². The molecule has 96 valence electrons. The number of hydrogen-bond acceptors (Lipinski definition) is 2. The second-order valence-electron chi connectivity index (χ2n) is 5.13. The predicted octanol–water partition coefficient (Wildman–Crippen LogP) is 3.38. The summed E-state index contributed by atoms with van der Waals surface area (Å²) in [6.07, 6.45) is 0.912. The van der Waals surface area contributed by atoms with Crippen LogP contribution < -0.4 is 5.32 Å². The lowest BCUT2D eigenvalue weighted by Crippen LogP contribution is -2.26.